The summed E-state index contributed by atoms with van der Waals surface area (Å²) in [6.07, 6.45) is 7.34. The van der Waals surface area contributed by atoms with E-state index in [1.807, 2.05) is 0 Å². The van der Waals surface area contributed by atoms with Crippen molar-refractivity contribution in [1.82, 2.24) is 0 Å². The van der Waals surface area contributed by atoms with Crippen LogP contribution in [0.5, 0.6) is 0 Å². The van der Waals surface area contributed by atoms with Gasteiger partial charge < -0.3 is 37.2 Å². The van der Waals surface area contributed by atoms with E-state index in [0.717, 1.165) is 53.9 Å². The predicted octanol–water partition coefficient (Wildman–Crippen LogP) is 1.91. The van der Waals surface area contributed by atoms with Crippen molar-refractivity contribution in [3.63, 3.8) is 0 Å². The molecular formula is C9H12B2F2N6O6S3-2. The first kappa shape index (κ1) is 22.2. The van der Waals surface area contributed by atoms with Gasteiger partial charge in [-0.25, -0.2) is 0 Å². The highest BCUT2D eigenvalue weighted by atomic mass is 32.2. The Balaban J connectivity index is 2.55. The number of oxime groups is 6. The van der Waals surface area contributed by atoms with Gasteiger partial charge in [0.15, 0.2) is 15.1 Å². The van der Waals surface area contributed by atoms with Gasteiger partial charge >= 0.3 is 14.1 Å². The van der Waals surface area contributed by atoms with E-state index in [1.54, 1.807) is 18.8 Å². The van der Waals surface area contributed by atoms with Gasteiger partial charge in [0.2, 0.25) is 0 Å². The third-order valence-corrected chi connectivity index (χ3v) is 4.28. The van der Waals surface area contributed by atoms with Crippen molar-refractivity contribution >= 4 is 83.1 Å². The second kappa shape index (κ2) is 10.4. The first-order chi connectivity index (χ1) is 13.4. The topological polar surface area (TPSA) is 130 Å². The minimum Gasteiger partial charge on any atom is -0.510 e. The van der Waals surface area contributed by atoms with Crippen LogP contribution in [0, 0.1) is 0 Å². The summed E-state index contributed by atoms with van der Waals surface area (Å²) in [6.45, 7) is 0. The predicted molar refractivity (Wildman–Crippen MR) is 109 cm³/mol. The van der Waals surface area contributed by atoms with Crippen molar-refractivity contribution in [2.24, 2.45) is 30.9 Å². The van der Waals surface area contributed by atoms with Gasteiger partial charge in [-0.05, 0) is 18.8 Å². The second-order valence-electron chi connectivity index (χ2n) is 4.35. The lowest BCUT2D eigenvalue weighted by Gasteiger charge is -2.27. The molecule has 2 atom stereocenters. The van der Waals surface area contributed by atoms with Gasteiger partial charge in [-0.15, -0.1) is 66.2 Å². The van der Waals surface area contributed by atoms with Crippen LogP contribution in [0.2, 0.25) is 0 Å². The maximum Gasteiger partial charge on any atom is 0.812 e. The summed E-state index contributed by atoms with van der Waals surface area (Å²) in [4.78, 5) is 0. The Bertz CT molecular complexity index is 650. The molecule has 12 nitrogen and oxygen atoms in total. The minimum absolute atomic E-state index is 0.0569. The highest BCUT2D eigenvalue weighted by Crippen LogP contribution is 2.18. The van der Waals surface area contributed by atoms with Crippen LogP contribution in [-0.2, 0) is 28.5 Å². The molecule has 0 aromatic rings. The summed E-state index contributed by atoms with van der Waals surface area (Å²) < 4.78 is 57.3. The fourth-order valence-electron chi connectivity index (χ4n) is 1.25. The average Bonchev–Trinajstić information content (AvgIpc) is 2.69. The average molecular weight is 456 g/mol. The van der Waals surface area contributed by atoms with Crippen molar-refractivity contribution < 1.29 is 37.2 Å². The van der Waals surface area contributed by atoms with Crippen molar-refractivity contribution in [1.29, 1.82) is 0 Å². The summed E-state index contributed by atoms with van der Waals surface area (Å²) in [6, 6.07) is 0. The van der Waals surface area contributed by atoms with Crippen LogP contribution in [-0.4, -0.2) is 66.6 Å². The van der Waals surface area contributed by atoms with Crippen LogP contribution in [0.15, 0.2) is 30.9 Å². The van der Waals surface area contributed by atoms with E-state index >= 15 is 0 Å². The Hall–Kier alpha value is -2.14. The SMILES string of the molecule is CSC1=NO[B-]2(F)O/N=C(/SC)C=NO[B-](F)(O/N=C\1)O/N=C\C(SC)=N/O2. The molecule has 0 amide bonds. The summed E-state index contributed by atoms with van der Waals surface area (Å²) in [7, 11) is -8.22. The van der Waals surface area contributed by atoms with Crippen molar-refractivity contribution in [2.75, 3.05) is 18.8 Å². The van der Waals surface area contributed by atoms with Gasteiger partial charge in [-0.2, -0.15) is 0 Å². The number of rotatable bonds is 0. The van der Waals surface area contributed by atoms with Crippen LogP contribution in [0.1, 0.15) is 0 Å². The zero-order valence-electron chi connectivity index (χ0n) is 14.5. The van der Waals surface area contributed by atoms with Gasteiger partial charge in [0.25, 0.3) is 0 Å². The molecule has 2 bridgehead atoms. The number of nitrogens with zero attached hydrogens (tertiary/aromatic N) is 6. The molecule has 3 aliphatic rings. The van der Waals surface area contributed by atoms with E-state index < -0.39 is 14.1 Å². The molecule has 154 valence electrons. The molecule has 2 unspecified atom stereocenters. The molecule has 28 heavy (non-hydrogen) atoms. The quantitative estimate of drug-likeness (QED) is 0.502. The molecule has 0 aromatic heterocycles. The maximum atomic E-state index is 14.9. The molecule has 3 aliphatic heterocycles. The second-order valence-corrected chi connectivity index (χ2v) is 6.83. The summed E-state index contributed by atoms with van der Waals surface area (Å²) in [5, 5.41) is 20.2. The minimum atomic E-state index is -4.13. The number of halogens is 2. The standard InChI is InChI=1S/C9H12B2F2N6O6S3/c1-26-7-4-14-20-10(12)21-15-5-8(27-2)18-24-11(13,23-17-7)25-19-9(28-3)6-16-22-10/h4-6H,1-3H3/q-2/b14-4-,15-5-,16-6?,17-7+,18-8?,19-9+. The lowest BCUT2D eigenvalue weighted by molar-refractivity contribution is 0.0231. The molecule has 0 aromatic carbocycles. The van der Waals surface area contributed by atoms with Crippen molar-refractivity contribution in [3.05, 3.63) is 0 Å². The van der Waals surface area contributed by atoms with Crippen LogP contribution < -0.4 is 0 Å². The van der Waals surface area contributed by atoms with Gasteiger partial charge in [0, 0.05) is 0 Å². The summed E-state index contributed by atoms with van der Waals surface area (Å²) in [5.41, 5.74) is 0. The lowest BCUT2D eigenvalue weighted by Crippen LogP contribution is -2.38. The molecule has 3 heterocycles. The highest BCUT2D eigenvalue weighted by Gasteiger charge is 2.42. The van der Waals surface area contributed by atoms with Crippen LogP contribution in [0.3, 0.4) is 0 Å². The third kappa shape index (κ3) is 6.79. The summed E-state index contributed by atoms with van der Waals surface area (Å²) >= 11 is 2.86. The number of hydrogen-bond acceptors (Lipinski definition) is 15. The molecule has 0 fully saturated rings. The molecule has 0 spiro atoms. The van der Waals surface area contributed by atoms with Crippen LogP contribution >= 0.6 is 35.3 Å². The largest absolute Gasteiger partial charge is 0.812 e. The Morgan fingerprint density at radius 3 is 1.18 bits per heavy atom. The number of thioether (sulfide) groups is 3. The molecule has 3 rings (SSSR count). The fourth-order valence-corrected chi connectivity index (χ4v) is 2.04. The Morgan fingerprint density at radius 2 is 0.893 bits per heavy atom. The van der Waals surface area contributed by atoms with Crippen molar-refractivity contribution in [3.8, 4) is 0 Å². The molecule has 19 heteroatoms. The zero-order chi connectivity index (χ0) is 20.5. The fraction of sp³-hybridized carbons (Fsp3) is 0.333. The van der Waals surface area contributed by atoms with E-state index in [2.05, 4.69) is 59.5 Å². The van der Waals surface area contributed by atoms with Gasteiger partial charge in [0.1, 0.15) is 0 Å². The monoisotopic (exact) mass is 456 g/mol. The Kier molecular flexibility index (Phi) is 8.24. The maximum absolute atomic E-state index is 14.9. The van der Waals surface area contributed by atoms with Crippen LogP contribution in [0.4, 0.5) is 8.63 Å². The summed E-state index contributed by atoms with van der Waals surface area (Å²) in [5.74, 6) is 0. The highest BCUT2D eigenvalue weighted by molar-refractivity contribution is 8.15. The molecule has 0 N–H and O–H groups in total. The van der Waals surface area contributed by atoms with Gasteiger partial charge in [0.05, 0.1) is 18.6 Å². The Morgan fingerprint density at radius 1 is 0.607 bits per heavy atom. The van der Waals surface area contributed by atoms with Crippen molar-refractivity contribution in [2.45, 2.75) is 0 Å². The van der Waals surface area contributed by atoms with Crippen LogP contribution in [0.25, 0.3) is 0 Å². The van der Waals surface area contributed by atoms with Gasteiger partial charge in [-0.3, -0.25) is 0 Å². The zero-order valence-corrected chi connectivity index (χ0v) is 16.9. The first-order valence-electron chi connectivity index (χ1n) is 7.09. The van der Waals surface area contributed by atoms with Gasteiger partial charge in [-0.1, -0.05) is 0 Å². The molecular weight excluding hydrogens is 444 g/mol. The number of hydrogen-bond donors (Lipinski definition) is 0. The van der Waals surface area contributed by atoms with E-state index in [9.17, 15) is 8.63 Å². The van der Waals surface area contributed by atoms with E-state index in [0.29, 0.717) is 0 Å². The molecule has 0 saturated heterocycles. The van der Waals surface area contributed by atoms with E-state index in [4.69, 9.17) is 0 Å². The number of fused-ring (bicyclic) bond motifs is 9. The molecule has 0 aliphatic carbocycles. The third-order valence-electron chi connectivity index (χ3n) is 2.48. The van der Waals surface area contributed by atoms with E-state index in [1.165, 1.54) is 0 Å². The first-order valence-corrected chi connectivity index (χ1v) is 10.8. The normalized spacial score (nSPS) is 34.0. The Labute approximate surface area is 170 Å². The van der Waals surface area contributed by atoms with E-state index in [-0.39, 0.29) is 15.1 Å². The molecule has 0 saturated carbocycles. The lowest BCUT2D eigenvalue weighted by atomic mass is 10.2. The smallest absolute Gasteiger partial charge is 0.510 e. The molecule has 0 radical (unpaired) electrons.